The van der Waals surface area contributed by atoms with E-state index in [-0.39, 0.29) is 11.9 Å². The van der Waals surface area contributed by atoms with Gasteiger partial charge in [-0.25, -0.2) is 4.79 Å². The number of anilines is 1. The molecule has 0 saturated carbocycles. The summed E-state index contributed by atoms with van der Waals surface area (Å²) in [6, 6.07) is 16.8. The molecule has 1 amide bonds. The fourth-order valence-corrected chi connectivity index (χ4v) is 2.95. The number of ether oxygens (including phenoxy) is 1. The number of carbonyl (C=O) groups is 2. The molecule has 0 aliphatic carbocycles. The maximum absolute atomic E-state index is 12.5. The molecular formula is C20H22N2O3. The van der Waals surface area contributed by atoms with Crippen molar-refractivity contribution in [2.75, 3.05) is 37.7 Å². The highest BCUT2D eigenvalue weighted by atomic mass is 16.5. The van der Waals surface area contributed by atoms with Crippen molar-refractivity contribution in [1.82, 2.24) is 4.90 Å². The standard InChI is InChI=1S/C20H22N2O3/c1-2-25-20(24)17-8-10-18(11-9-17)21-12-14-22(15-13-21)19(23)16-6-4-3-5-7-16/h3-11H,2,12-15H2,1H3. The van der Waals surface area contributed by atoms with Gasteiger partial charge in [-0.05, 0) is 43.3 Å². The van der Waals surface area contributed by atoms with Gasteiger partial charge >= 0.3 is 5.97 Å². The molecule has 0 spiro atoms. The van der Waals surface area contributed by atoms with E-state index in [9.17, 15) is 9.59 Å². The quantitative estimate of drug-likeness (QED) is 0.805. The SMILES string of the molecule is CCOC(=O)c1ccc(N2CCN(C(=O)c3ccccc3)CC2)cc1. The van der Waals surface area contributed by atoms with Gasteiger partial charge in [0.15, 0.2) is 0 Å². The number of hydrogen-bond acceptors (Lipinski definition) is 4. The maximum atomic E-state index is 12.5. The molecule has 0 atom stereocenters. The van der Waals surface area contributed by atoms with Crippen molar-refractivity contribution in [2.45, 2.75) is 6.92 Å². The monoisotopic (exact) mass is 338 g/mol. The average Bonchev–Trinajstić information content (AvgIpc) is 2.68. The summed E-state index contributed by atoms with van der Waals surface area (Å²) in [5, 5.41) is 0. The highest BCUT2D eigenvalue weighted by molar-refractivity contribution is 5.94. The van der Waals surface area contributed by atoms with Crippen LogP contribution in [0.5, 0.6) is 0 Å². The zero-order valence-corrected chi connectivity index (χ0v) is 14.4. The van der Waals surface area contributed by atoms with Gasteiger partial charge in [-0.2, -0.15) is 0 Å². The van der Waals surface area contributed by atoms with Crippen LogP contribution in [0.25, 0.3) is 0 Å². The summed E-state index contributed by atoms with van der Waals surface area (Å²) in [4.78, 5) is 28.3. The van der Waals surface area contributed by atoms with E-state index in [0.717, 1.165) is 24.3 Å². The Balaban J connectivity index is 1.59. The van der Waals surface area contributed by atoms with E-state index in [2.05, 4.69) is 4.90 Å². The van der Waals surface area contributed by atoms with Crippen molar-refractivity contribution in [1.29, 1.82) is 0 Å². The van der Waals surface area contributed by atoms with E-state index in [1.807, 2.05) is 47.4 Å². The van der Waals surface area contributed by atoms with Crippen LogP contribution in [0, 0.1) is 0 Å². The summed E-state index contributed by atoms with van der Waals surface area (Å²) in [7, 11) is 0. The van der Waals surface area contributed by atoms with Crippen molar-refractivity contribution in [3.8, 4) is 0 Å². The molecular weight excluding hydrogens is 316 g/mol. The van der Waals surface area contributed by atoms with Gasteiger partial charge < -0.3 is 14.5 Å². The van der Waals surface area contributed by atoms with E-state index in [4.69, 9.17) is 4.74 Å². The molecule has 1 aliphatic heterocycles. The predicted molar refractivity (Wildman–Crippen MR) is 97.0 cm³/mol. The smallest absolute Gasteiger partial charge is 0.338 e. The highest BCUT2D eigenvalue weighted by Crippen LogP contribution is 2.18. The molecule has 0 bridgehead atoms. The molecule has 3 rings (SSSR count). The number of carbonyl (C=O) groups excluding carboxylic acids is 2. The second-order valence-corrected chi connectivity index (χ2v) is 5.91. The summed E-state index contributed by atoms with van der Waals surface area (Å²) in [5.74, 6) is -0.217. The summed E-state index contributed by atoms with van der Waals surface area (Å²) in [6.45, 7) is 5.09. The summed E-state index contributed by atoms with van der Waals surface area (Å²) >= 11 is 0. The van der Waals surface area contributed by atoms with E-state index in [0.29, 0.717) is 25.3 Å². The number of hydrogen-bond donors (Lipinski definition) is 0. The second kappa shape index (κ2) is 7.83. The van der Waals surface area contributed by atoms with Gasteiger partial charge in [-0.15, -0.1) is 0 Å². The van der Waals surface area contributed by atoms with Crippen LogP contribution in [0.15, 0.2) is 54.6 Å². The summed E-state index contributed by atoms with van der Waals surface area (Å²) in [5.41, 5.74) is 2.35. The minimum Gasteiger partial charge on any atom is -0.462 e. The predicted octanol–water partition coefficient (Wildman–Crippen LogP) is 2.83. The van der Waals surface area contributed by atoms with Gasteiger partial charge in [0.25, 0.3) is 5.91 Å². The third kappa shape index (κ3) is 3.99. The molecule has 5 nitrogen and oxygen atoms in total. The Hall–Kier alpha value is -2.82. The Morgan fingerprint density at radius 1 is 0.880 bits per heavy atom. The number of piperazine rings is 1. The van der Waals surface area contributed by atoms with Gasteiger partial charge in [0.05, 0.1) is 12.2 Å². The molecule has 25 heavy (non-hydrogen) atoms. The van der Waals surface area contributed by atoms with Crippen LogP contribution in [0.1, 0.15) is 27.6 Å². The first kappa shape index (κ1) is 17.0. The maximum Gasteiger partial charge on any atom is 0.338 e. The van der Waals surface area contributed by atoms with Gasteiger partial charge in [0.2, 0.25) is 0 Å². The van der Waals surface area contributed by atoms with Crippen LogP contribution in [-0.2, 0) is 4.74 Å². The lowest BCUT2D eigenvalue weighted by Gasteiger charge is -2.36. The first-order chi connectivity index (χ1) is 12.2. The van der Waals surface area contributed by atoms with Crippen LogP contribution in [0.2, 0.25) is 0 Å². The Morgan fingerprint density at radius 3 is 2.12 bits per heavy atom. The van der Waals surface area contributed by atoms with Crippen molar-refractivity contribution < 1.29 is 14.3 Å². The topological polar surface area (TPSA) is 49.9 Å². The molecule has 2 aromatic rings. The molecule has 0 aromatic heterocycles. The molecule has 5 heteroatoms. The highest BCUT2D eigenvalue weighted by Gasteiger charge is 2.22. The number of rotatable bonds is 4. The van der Waals surface area contributed by atoms with Crippen molar-refractivity contribution >= 4 is 17.6 Å². The zero-order chi connectivity index (χ0) is 17.6. The molecule has 130 valence electrons. The number of benzene rings is 2. The molecule has 0 radical (unpaired) electrons. The van der Waals surface area contributed by atoms with E-state index in [1.165, 1.54) is 0 Å². The molecule has 1 heterocycles. The molecule has 1 saturated heterocycles. The third-order valence-electron chi connectivity index (χ3n) is 4.33. The van der Waals surface area contributed by atoms with E-state index >= 15 is 0 Å². The molecule has 0 unspecified atom stereocenters. The lowest BCUT2D eigenvalue weighted by atomic mass is 10.1. The fourth-order valence-electron chi connectivity index (χ4n) is 2.95. The number of amides is 1. The van der Waals surface area contributed by atoms with Crippen LogP contribution in [0.4, 0.5) is 5.69 Å². The van der Waals surface area contributed by atoms with Crippen molar-refractivity contribution in [3.05, 3.63) is 65.7 Å². The first-order valence-corrected chi connectivity index (χ1v) is 8.55. The van der Waals surface area contributed by atoms with Gasteiger partial charge in [-0.3, -0.25) is 4.79 Å². The van der Waals surface area contributed by atoms with Crippen LogP contribution in [-0.4, -0.2) is 49.6 Å². The molecule has 1 aliphatic rings. The first-order valence-electron chi connectivity index (χ1n) is 8.55. The third-order valence-corrected chi connectivity index (χ3v) is 4.33. The Morgan fingerprint density at radius 2 is 1.52 bits per heavy atom. The fraction of sp³-hybridized carbons (Fsp3) is 0.300. The average molecular weight is 338 g/mol. The van der Waals surface area contributed by atoms with Gasteiger partial charge in [-0.1, -0.05) is 18.2 Å². The van der Waals surface area contributed by atoms with Crippen LogP contribution >= 0.6 is 0 Å². The van der Waals surface area contributed by atoms with Gasteiger partial charge in [0, 0.05) is 37.4 Å². The van der Waals surface area contributed by atoms with E-state index < -0.39 is 0 Å². The minimum absolute atomic E-state index is 0.0814. The largest absolute Gasteiger partial charge is 0.462 e. The van der Waals surface area contributed by atoms with E-state index in [1.54, 1.807) is 19.1 Å². The molecule has 1 fully saturated rings. The molecule has 2 aromatic carbocycles. The van der Waals surface area contributed by atoms with Crippen molar-refractivity contribution in [3.63, 3.8) is 0 Å². The lowest BCUT2D eigenvalue weighted by Crippen LogP contribution is -2.48. The zero-order valence-electron chi connectivity index (χ0n) is 14.4. The molecule has 0 N–H and O–H groups in total. The van der Waals surface area contributed by atoms with Gasteiger partial charge in [0.1, 0.15) is 0 Å². The number of nitrogens with zero attached hydrogens (tertiary/aromatic N) is 2. The second-order valence-electron chi connectivity index (χ2n) is 5.91. The normalized spacial score (nSPS) is 14.3. The Kier molecular flexibility index (Phi) is 5.33. The lowest BCUT2D eigenvalue weighted by molar-refractivity contribution is 0.0526. The number of esters is 1. The Labute approximate surface area is 147 Å². The van der Waals surface area contributed by atoms with Crippen LogP contribution in [0.3, 0.4) is 0 Å². The van der Waals surface area contributed by atoms with Crippen molar-refractivity contribution in [2.24, 2.45) is 0 Å². The Bertz CT molecular complexity index is 720. The summed E-state index contributed by atoms with van der Waals surface area (Å²) in [6.07, 6.45) is 0. The summed E-state index contributed by atoms with van der Waals surface area (Å²) < 4.78 is 5.00. The minimum atomic E-state index is -0.299. The van der Waals surface area contributed by atoms with Crippen LogP contribution < -0.4 is 4.90 Å².